The highest BCUT2D eigenvalue weighted by Gasteiger charge is 2.34. The van der Waals surface area contributed by atoms with Gasteiger partial charge in [0.2, 0.25) is 10.0 Å². The number of nitrogens with zero attached hydrogens (tertiary/aromatic N) is 4. The van der Waals surface area contributed by atoms with E-state index in [1.807, 2.05) is 6.92 Å². The predicted molar refractivity (Wildman–Crippen MR) is 91.7 cm³/mol. The third-order valence-corrected chi connectivity index (χ3v) is 6.41. The zero-order valence-corrected chi connectivity index (χ0v) is 14.4. The molecule has 1 fully saturated rings. The molecule has 0 bridgehead atoms. The molecule has 0 radical (unpaired) electrons. The minimum atomic E-state index is -3.57. The van der Waals surface area contributed by atoms with E-state index in [4.69, 9.17) is 0 Å². The molecule has 1 aliphatic rings. The molecule has 1 atom stereocenters. The third-order valence-electron chi connectivity index (χ3n) is 4.53. The fourth-order valence-electron chi connectivity index (χ4n) is 3.21. The number of sulfonamides is 1. The largest absolute Gasteiger partial charge is 0.328 e. The van der Waals surface area contributed by atoms with Crippen LogP contribution in [0.3, 0.4) is 0 Å². The Labute approximate surface area is 144 Å². The van der Waals surface area contributed by atoms with Gasteiger partial charge in [0.1, 0.15) is 11.8 Å². The number of aryl methyl sites for hydroxylation is 1. The Morgan fingerprint density at radius 3 is 2.76 bits per heavy atom. The number of hydrogen-bond acceptors (Lipinski definition) is 5. The Morgan fingerprint density at radius 2 is 2.00 bits per heavy atom. The van der Waals surface area contributed by atoms with Crippen LogP contribution in [-0.2, 0) is 10.0 Å². The highest BCUT2D eigenvalue weighted by Crippen LogP contribution is 2.28. The predicted octanol–water partition coefficient (Wildman–Crippen LogP) is 1.06. The maximum Gasteiger partial charge on any atom is 0.328 e. The molecule has 9 heteroatoms. The number of fused-ring (bicyclic) bond motifs is 1. The van der Waals surface area contributed by atoms with Crippen LogP contribution in [0.25, 0.3) is 11.2 Å². The first-order chi connectivity index (χ1) is 12.0. The lowest BCUT2D eigenvalue weighted by atomic mass is 10.2. The van der Waals surface area contributed by atoms with Crippen molar-refractivity contribution in [1.82, 2.24) is 23.8 Å². The molecule has 25 heavy (non-hydrogen) atoms. The average Bonchev–Trinajstić information content (AvgIpc) is 3.19. The van der Waals surface area contributed by atoms with E-state index in [9.17, 15) is 13.2 Å². The summed E-state index contributed by atoms with van der Waals surface area (Å²) in [5.74, 6) is 0. The van der Waals surface area contributed by atoms with Crippen LogP contribution in [-0.4, -0.2) is 45.3 Å². The molecule has 3 aromatic rings. The fourth-order valence-corrected chi connectivity index (χ4v) is 4.70. The van der Waals surface area contributed by atoms with Crippen molar-refractivity contribution in [1.29, 1.82) is 0 Å². The summed E-state index contributed by atoms with van der Waals surface area (Å²) in [6.45, 7) is 2.52. The van der Waals surface area contributed by atoms with Crippen LogP contribution in [0.4, 0.5) is 0 Å². The van der Waals surface area contributed by atoms with Gasteiger partial charge in [-0.15, -0.1) is 0 Å². The number of hydrogen-bond donors (Lipinski definition) is 1. The Balaban J connectivity index is 1.66. The zero-order valence-electron chi connectivity index (χ0n) is 13.6. The van der Waals surface area contributed by atoms with Gasteiger partial charge in [-0.25, -0.2) is 23.2 Å². The van der Waals surface area contributed by atoms with Crippen LogP contribution < -0.4 is 5.69 Å². The molecule has 3 heterocycles. The normalized spacial score (nSPS) is 18.8. The van der Waals surface area contributed by atoms with Crippen molar-refractivity contribution in [2.24, 2.45) is 0 Å². The molecule has 8 nitrogen and oxygen atoms in total. The Bertz CT molecular complexity index is 1080. The van der Waals surface area contributed by atoms with Gasteiger partial charge in [0.05, 0.1) is 17.1 Å². The van der Waals surface area contributed by atoms with Crippen LogP contribution in [0.15, 0.2) is 46.5 Å². The molecule has 1 aliphatic heterocycles. The maximum atomic E-state index is 12.8. The second kappa shape index (κ2) is 5.78. The lowest BCUT2D eigenvalue weighted by molar-refractivity contribution is 0.451. The molecule has 130 valence electrons. The van der Waals surface area contributed by atoms with E-state index in [1.54, 1.807) is 24.3 Å². The fraction of sp³-hybridized carbons (Fsp3) is 0.312. The van der Waals surface area contributed by atoms with Gasteiger partial charge >= 0.3 is 5.69 Å². The minimum absolute atomic E-state index is 0.243. The van der Waals surface area contributed by atoms with E-state index < -0.39 is 10.0 Å². The van der Waals surface area contributed by atoms with Crippen LogP contribution in [0.5, 0.6) is 0 Å². The Morgan fingerprint density at radius 1 is 1.24 bits per heavy atom. The van der Waals surface area contributed by atoms with Crippen molar-refractivity contribution in [3.63, 3.8) is 0 Å². The van der Waals surface area contributed by atoms with E-state index in [-0.39, 0.29) is 23.2 Å². The Hall–Kier alpha value is -2.52. The van der Waals surface area contributed by atoms with E-state index in [1.165, 1.54) is 21.4 Å². The lowest BCUT2D eigenvalue weighted by Gasteiger charge is -2.17. The summed E-state index contributed by atoms with van der Waals surface area (Å²) in [6, 6.07) is 6.53. The number of nitrogens with one attached hydrogen (secondary N) is 1. The molecule has 0 aliphatic carbocycles. The summed E-state index contributed by atoms with van der Waals surface area (Å²) in [5, 5.41) is 0. The Kier molecular flexibility index (Phi) is 3.69. The average molecular weight is 359 g/mol. The first kappa shape index (κ1) is 16.0. The van der Waals surface area contributed by atoms with Crippen LogP contribution in [0.2, 0.25) is 0 Å². The standard InChI is InChI=1S/C16H17N5O3S/c1-11-2-4-13(5-3-11)25(23,24)20-7-6-12(9-20)21-15-14(19-16(21)22)8-17-10-18-15/h2-5,8,10,12H,6-7,9H2,1H3,(H,19,22). The highest BCUT2D eigenvalue weighted by molar-refractivity contribution is 7.89. The van der Waals surface area contributed by atoms with Crippen molar-refractivity contribution in [3.05, 3.63) is 52.8 Å². The van der Waals surface area contributed by atoms with Gasteiger partial charge in [-0.05, 0) is 25.5 Å². The monoisotopic (exact) mass is 359 g/mol. The second-order valence-corrected chi connectivity index (χ2v) is 8.12. The van der Waals surface area contributed by atoms with Crippen LogP contribution in [0.1, 0.15) is 18.0 Å². The van der Waals surface area contributed by atoms with E-state index >= 15 is 0 Å². The van der Waals surface area contributed by atoms with Crippen molar-refractivity contribution in [2.75, 3.05) is 13.1 Å². The molecule has 1 aromatic carbocycles. The van der Waals surface area contributed by atoms with Crippen molar-refractivity contribution in [2.45, 2.75) is 24.3 Å². The molecular formula is C16H17N5O3S. The molecule has 1 unspecified atom stereocenters. The van der Waals surface area contributed by atoms with Crippen molar-refractivity contribution >= 4 is 21.2 Å². The maximum absolute atomic E-state index is 12.8. The molecule has 0 saturated carbocycles. The van der Waals surface area contributed by atoms with E-state index in [0.717, 1.165) is 5.56 Å². The minimum Gasteiger partial charge on any atom is -0.303 e. The molecule has 1 N–H and O–H groups in total. The molecule has 0 amide bonds. The van der Waals surface area contributed by atoms with E-state index in [0.29, 0.717) is 24.1 Å². The molecular weight excluding hydrogens is 342 g/mol. The SMILES string of the molecule is Cc1ccc(S(=O)(=O)N2CCC(n3c(=O)[nH]c4cncnc43)C2)cc1. The quantitative estimate of drug-likeness (QED) is 0.754. The molecule has 1 saturated heterocycles. The summed E-state index contributed by atoms with van der Waals surface area (Å²) in [6.07, 6.45) is 3.47. The highest BCUT2D eigenvalue weighted by atomic mass is 32.2. The van der Waals surface area contributed by atoms with Gasteiger partial charge < -0.3 is 4.98 Å². The lowest BCUT2D eigenvalue weighted by Crippen LogP contribution is -2.31. The number of aromatic nitrogens is 4. The summed E-state index contributed by atoms with van der Waals surface area (Å²) >= 11 is 0. The first-order valence-corrected chi connectivity index (χ1v) is 9.38. The van der Waals surface area contributed by atoms with Crippen LogP contribution >= 0.6 is 0 Å². The van der Waals surface area contributed by atoms with Crippen molar-refractivity contribution in [3.8, 4) is 0 Å². The van der Waals surface area contributed by atoms with Crippen LogP contribution in [0, 0.1) is 6.92 Å². The van der Waals surface area contributed by atoms with Crippen molar-refractivity contribution < 1.29 is 8.42 Å². The first-order valence-electron chi connectivity index (χ1n) is 7.94. The summed E-state index contributed by atoms with van der Waals surface area (Å²) in [5.41, 5.74) is 1.75. The second-order valence-electron chi connectivity index (χ2n) is 6.18. The number of imidazole rings is 1. The van der Waals surface area contributed by atoms with Gasteiger partial charge in [0.15, 0.2) is 5.65 Å². The van der Waals surface area contributed by atoms with Gasteiger partial charge in [-0.1, -0.05) is 17.7 Å². The molecule has 0 spiro atoms. The van der Waals surface area contributed by atoms with Gasteiger partial charge in [-0.2, -0.15) is 4.31 Å². The van der Waals surface area contributed by atoms with Gasteiger partial charge in [-0.3, -0.25) is 4.57 Å². The third kappa shape index (κ3) is 2.65. The molecule has 4 rings (SSSR count). The molecule has 2 aromatic heterocycles. The number of benzene rings is 1. The zero-order chi connectivity index (χ0) is 17.6. The summed E-state index contributed by atoms with van der Waals surface area (Å²) in [7, 11) is -3.57. The number of aromatic amines is 1. The topological polar surface area (TPSA) is 101 Å². The summed E-state index contributed by atoms with van der Waals surface area (Å²) in [4.78, 5) is 23.3. The van der Waals surface area contributed by atoms with Gasteiger partial charge in [0, 0.05) is 13.1 Å². The number of H-pyrrole nitrogens is 1. The smallest absolute Gasteiger partial charge is 0.303 e. The summed E-state index contributed by atoms with van der Waals surface area (Å²) < 4.78 is 28.6. The number of rotatable bonds is 3. The van der Waals surface area contributed by atoms with Gasteiger partial charge in [0.25, 0.3) is 0 Å². The van der Waals surface area contributed by atoms with E-state index in [2.05, 4.69) is 15.0 Å².